The van der Waals surface area contributed by atoms with Crippen LogP contribution in [0.4, 0.5) is 0 Å². The number of nitriles is 2. The zero-order valence-electron chi connectivity index (χ0n) is 16.7. The van der Waals surface area contributed by atoms with Gasteiger partial charge >= 0.3 is 0 Å². The average molecular weight is 341 g/mol. The summed E-state index contributed by atoms with van der Waals surface area (Å²) in [7, 11) is 0. The summed E-state index contributed by atoms with van der Waals surface area (Å²) in [4.78, 5) is 0. The Morgan fingerprint density at radius 1 is 0.840 bits per heavy atom. The lowest BCUT2D eigenvalue weighted by molar-refractivity contribution is 0.384. The Balaban J connectivity index is 0.000000676. The van der Waals surface area contributed by atoms with E-state index in [4.69, 9.17) is 0 Å². The predicted molar refractivity (Wildman–Crippen MR) is 103 cm³/mol. The molecule has 4 heteroatoms. The summed E-state index contributed by atoms with van der Waals surface area (Å²) in [5.41, 5.74) is -0.338. The highest BCUT2D eigenvalue weighted by molar-refractivity contribution is 5.11. The van der Waals surface area contributed by atoms with Gasteiger partial charge in [0, 0.05) is 0 Å². The molecule has 25 heavy (non-hydrogen) atoms. The number of nitrogens with zero attached hydrogens (tertiary/aromatic N) is 4. The van der Waals surface area contributed by atoms with E-state index in [9.17, 15) is 10.5 Å². The predicted octanol–water partition coefficient (Wildman–Crippen LogP) is 6.09. The minimum Gasteiger partial charge on any atom is -0.196 e. The van der Waals surface area contributed by atoms with E-state index >= 15 is 0 Å². The van der Waals surface area contributed by atoms with Gasteiger partial charge in [-0.25, -0.2) is 0 Å². The monoisotopic (exact) mass is 340 g/mol. The van der Waals surface area contributed by atoms with Crippen LogP contribution in [0.2, 0.25) is 0 Å². The molecule has 0 aliphatic carbocycles. The van der Waals surface area contributed by atoms with Gasteiger partial charge in [0.05, 0.1) is 12.1 Å². The standard InChI is InChI=1S/C14H24N4.C7H8/c1-11(2)7-13(5,9-15)17-18-14(6,10-16)8-12(3)4;1-7-5-3-2-4-6-7/h11-12H,7-8H2,1-6H3;2-6H,1H3. The molecule has 136 valence electrons. The molecular formula is C21H32N4. The second-order valence-corrected chi connectivity index (χ2v) is 7.82. The van der Waals surface area contributed by atoms with E-state index in [-0.39, 0.29) is 0 Å². The van der Waals surface area contributed by atoms with Crippen LogP contribution in [0.15, 0.2) is 40.6 Å². The molecule has 4 nitrogen and oxygen atoms in total. The summed E-state index contributed by atoms with van der Waals surface area (Å²) >= 11 is 0. The minimum atomic E-state index is -0.830. The summed E-state index contributed by atoms with van der Waals surface area (Å²) in [5, 5.41) is 26.7. The molecular weight excluding hydrogens is 308 g/mol. The van der Waals surface area contributed by atoms with Gasteiger partial charge in [-0.05, 0) is 45.4 Å². The smallest absolute Gasteiger partial charge is 0.165 e. The quantitative estimate of drug-likeness (QED) is 0.588. The second-order valence-electron chi connectivity index (χ2n) is 7.82. The van der Waals surface area contributed by atoms with Crippen molar-refractivity contribution in [3.8, 4) is 12.1 Å². The van der Waals surface area contributed by atoms with Crippen molar-refractivity contribution in [2.75, 3.05) is 0 Å². The Bertz CT molecular complexity index is 571. The van der Waals surface area contributed by atoms with Crippen LogP contribution in [0.3, 0.4) is 0 Å². The Hall–Kier alpha value is -2.20. The molecule has 0 aliphatic rings. The lowest BCUT2D eigenvalue weighted by Gasteiger charge is -2.22. The van der Waals surface area contributed by atoms with Gasteiger partial charge < -0.3 is 0 Å². The maximum absolute atomic E-state index is 9.20. The van der Waals surface area contributed by atoms with Crippen molar-refractivity contribution in [1.29, 1.82) is 10.5 Å². The third kappa shape index (κ3) is 10.3. The first-order chi connectivity index (χ1) is 11.6. The molecule has 0 heterocycles. The average Bonchev–Trinajstić information content (AvgIpc) is 2.53. The van der Waals surface area contributed by atoms with Gasteiger partial charge in [-0.15, -0.1) is 0 Å². The van der Waals surface area contributed by atoms with Crippen LogP contribution in [-0.2, 0) is 0 Å². The summed E-state index contributed by atoms with van der Waals surface area (Å²) < 4.78 is 0. The molecule has 0 aliphatic heterocycles. The van der Waals surface area contributed by atoms with Crippen molar-refractivity contribution in [3.05, 3.63) is 35.9 Å². The largest absolute Gasteiger partial charge is 0.196 e. The molecule has 0 saturated carbocycles. The molecule has 0 aromatic heterocycles. The summed E-state index contributed by atoms with van der Waals surface area (Å²) in [5.74, 6) is 0.735. The Morgan fingerprint density at radius 2 is 1.20 bits per heavy atom. The van der Waals surface area contributed by atoms with E-state index in [1.807, 2.05) is 45.9 Å². The van der Waals surface area contributed by atoms with Gasteiger partial charge in [0.15, 0.2) is 11.1 Å². The molecule has 0 amide bonds. The first-order valence-electron chi connectivity index (χ1n) is 8.84. The van der Waals surface area contributed by atoms with Crippen molar-refractivity contribution >= 4 is 0 Å². The van der Waals surface area contributed by atoms with Crippen LogP contribution >= 0.6 is 0 Å². The lowest BCUT2D eigenvalue weighted by Crippen LogP contribution is -2.26. The number of rotatable bonds is 6. The number of hydrogen-bond donors (Lipinski definition) is 0. The van der Waals surface area contributed by atoms with Crippen LogP contribution in [0.1, 0.15) is 59.9 Å². The van der Waals surface area contributed by atoms with Gasteiger partial charge in [0.1, 0.15) is 0 Å². The fourth-order valence-corrected chi connectivity index (χ4v) is 2.56. The van der Waals surface area contributed by atoms with Crippen LogP contribution < -0.4 is 0 Å². The van der Waals surface area contributed by atoms with Gasteiger partial charge in [-0.3, -0.25) is 0 Å². The summed E-state index contributed by atoms with van der Waals surface area (Å²) in [6, 6.07) is 14.6. The van der Waals surface area contributed by atoms with E-state index in [1.54, 1.807) is 13.8 Å². The number of hydrogen-bond acceptors (Lipinski definition) is 4. The molecule has 1 aromatic rings. The molecule has 0 radical (unpaired) electrons. The van der Waals surface area contributed by atoms with Crippen LogP contribution in [0.5, 0.6) is 0 Å². The second kappa shape index (κ2) is 10.6. The highest BCUT2D eigenvalue weighted by Gasteiger charge is 2.29. The highest BCUT2D eigenvalue weighted by atomic mass is 15.2. The minimum absolute atomic E-state index is 0.368. The molecule has 0 N–H and O–H groups in total. The van der Waals surface area contributed by atoms with Gasteiger partial charge in [-0.2, -0.15) is 20.8 Å². The Labute approximate surface area is 153 Å². The first kappa shape index (κ1) is 22.8. The number of benzene rings is 1. The zero-order valence-corrected chi connectivity index (χ0v) is 16.7. The van der Waals surface area contributed by atoms with Crippen LogP contribution in [0.25, 0.3) is 0 Å². The van der Waals surface area contributed by atoms with E-state index in [2.05, 4.69) is 41.4 Å². The molecule has 1 aromatic carbocycles. The van der Waals surface area contributed by atoms with Gasteiger partial charge in [0.25, 0.3) is 0 Å². The number of azo groups is 1. The molecule has 1 rings (SSSR count). The zero-order chi connectivity index (χ0) is 19.5. The lowest BCUT2D eigenvalue weighted by atomic mass is 9.92. The van der Waals surface area contributed by atoms with E-state index in [0.717, 1.165) is 0 Å². The van der Waals surface area contributed by atoms with Crippen molar-refractivity contribution in [2.45, 2.75) is 72.4 Å². The molecule has 0 bridgehead atoms. The first-order valence-corrected chi connectivity index (χ1v) is 8.84. The molecule has 0 saturated heterocycles. The van der Waals surface area contributed by atoms with Gasteiger partial charge in [-0.1, -0.05) is 63.6 Å². The van der Waals surface area contributed by atoms with Gasteiger partial charge in [0.2, 0.25) is 0 Å². The van der Waals surface area contributed by atoms with E-state index in [0.29, 0.717) is 24.7 Å². The van der Waals surface area contributed by atoms with Crippen LogP contribution in [0, 0.1) is 41.4 Å². The summed E-state index contributed by atoms with van der Waals surface area (Å²) in [6.07, 6.45) is 1.30. The molecule has 0 spiro atoms. The van der Waals surface area contributed by atoms with Crippen molar-refractivity contribution in [1.82, 2.24) is 0 Å². The summed E-state index contributed by atoms with van der Waals surface area (Å²) in [6.45, 7) is 13.8. The van der Waals surface area contributed by atoms with Crippen molar-refractivity contribution in [3.63, 3.8) is 0 Å². The Morgan fingerprint density at radius 3 is 1.40 bits per heavy atom. The molecule has 2 atom stereocenters. The van der Waals surface area contributed by atoms with E-state index in [1.165, 1.54) is 5.56 Å². The molecule has 2 unspecified atom stereocenters. The fourth-order valence-electron chi connectivity index (χ4n) is 2.56. The fraction of sp³-hybridized carbons (Fsp3) is 0.619. The topological polar surface area (TPSA) is 72.3 Å². The SMILES string of the molecule is CC(C)CC(C)(C#N)N=NC(C)(C#N)CC(C)C.Cc1ccccc1. The normalized spacial score (nSPS) is 15.6. The number of aryl methyl sites for hydroxylation is 1. The maximum Gasteiger partial charge on any atom is 0.165 e. The third-order valence-electron chi connectivity index (χ3n) is 3.53. The van der Waals surface area contributed by atoms with Crippen molar-refractivity contribution < 1.29 is 0 Å². The highest BCUT2D eigenvalue weighted by Crippen LogP contribution is 2.25. The van der Waals surface area contributed by atoms with Crippen molar-refractivity contribution in [2.24, 2.45) is 22.1 Å². The molecule has 0 fully saturated rings. The Kier molecular flexibility index (Phi) is 9.69. The van der Waals surface area contributed by atoms with E-state index < -0.39 is 11.1 Å². The third-order valence-corrected chi connectivity index (χ3v) is 3.53. The van der Waals surface area contributed by atoms with Crippen LogP contribution in [-0.4, -0.2) is 11.1 Å². The maximum atomic E-state index is 9.20.